The summed E-state index contributed by atoms with van der Waals surface area (Å²) in [4.78, 5) is 32.4. The van der Waals surface area contributed by atoms with Crippen LogP contribution in [0.4, 0.5) is 5.69 Å². The fourth-order valence-corrected chi connectivity index (χ4v) is 1.28. The highest BCUT2D eigenvalue weighted by Crippen LogP contribution is 2.11. The molecule has 7 heteroatoms. The fraction of sp³-hybridized carbons (Fsp3) is 0.167. The molecular formula is C12H14N4O3. The molecule has 4 N–H and O–H groups in total. The Morgan fingerprint density at radius 1 is 1.21 bits per heavy atom. The van der Waals surface area contributed by atoms with Gasteiger partial charge in [0.2, 0.25) is 5.91 Å². The number of carbonyl (C=O) groups excluding carboxylic acids is 3. The summed E-state index contributed by atoms with van der Waals surface area (Å²) in [6, 6.07) is 6.90. The Morgan fingerprint density at radius 3 is 2.47 bits per heavy atom. The number of nitrogens with two attached hydrogens (primary N) is 1. The number of nitrogens with zero attached hydrogens (tertiary/aromatic N) is 1. The van der Waals surface area contributed by atoms with Gasteiger partial charge in [-0.1, -0.05) is 12.1 Å². The van der Waals surface area contributed by atoms with Crippen molar-refractivity contribution in [2.45, 2.75) is 13.8 Å². The predicted octanol–water partition coefficient (Wildman–Crippen LogP) is -0.0295. The molecule has 1 aromatic carbocycles. The number of hydrogen-bond acceptors (Lipinski definition) is 4. The van der Waals surface area contributed by atoms with Gasteiger partial charge < -0.3 is 11.1 Å². The summed E-state index contributed by atoms with van der Waals surface area (Å²) in [5, 5.41) is 6.37. The topological polar surface area (TPSA) is 114 Å². The molecule has 0 unspecified atom stereocenters. The minimum absolute atomic E-state index is 0.186. The Bertz CT molecular complexity index is 552. The maximum atomic E-state index is 10.9. The molecule has 0 bridgehead atoms. The van der Waals surface area contributed by atoms with Crippen LogP contribution in [-0.4, -0.2) is 23.4 Å². The first-order chi connectivity index (χ1) is 8.90. The monoisotopic (exact) mass is 262 g/mol. The minimum atomic E-state index is -1.11. The zero-order chi connectivity index (χ0) is 14.4. The third-order valence-corrected chi connectivity index (χ3v) is 2.15. The summed E-state index contributed by atoms with van der Waals surface area (Å²) in [6.07, 6.45) is 0. The van der Waals surface area contributed by atoms with Crippen molar-refractivity contribution in [3.63, 3.8) is 0 Å². The van der Waals surface area contributed by atoms with E-state index in [1.54, 1.807) is 31.2 Å². The van der Waals surface area contributed by atoms with Crippen LogP contribution in [-0.2, 0) is 14.4 Å². The molecule has 0 atom stereocenters. The molecule has 0 fully saturated rings. The van der Waals surface area contributed by atoms with Crippen molar-refractivity contribution >= 4 is 29.1 Å². The highest BCUT2D eigenvalue weighted by molar-refractivity contribution is 6.34. The van der Waals surface area contributed by atoms with E-state index in [-0.39, 0.29) is 5.91 Å². The molecule has 1 rings (SSSR count). The second-order valence-electron chi connectivity index (χ2n) is 3.76. The molecule has 0 saturated heterocycles. The van der Waals surface area contributed by atoms with E-state index in [1.165, 1.54) is 6.92 Å². The number of primary amides is 1. The molecule has 1 aromatic rings. The number of benzene rings is 1. The maximum Gasteiger partial charge on any atom is 0.329 e. The van der Waals surface area contributed by atoms with Crippen LogP contribution in [0.1, 0.15) is 19.4 Å². The average Bonchev–Trinajstić information content (AvgIpc) is 2.34. The largest absolute Gasteiger partial charge is 0.361 e. The van der Waals surface area contributed by atoms with Crippen LogP contribution in [0.25, 0.3) is 0 Å². The van der Waals surface area contributed by atoms with Gasteiger partial charge in [-0.25, -0.2) is 5.43 Å². The molecule has 0 aromatic heterocycles. The van der Waals surface area contributed by atoms with E-state index >= 15 is 0 Å². The lowest BCUT2D eigenvalue weighted by Gasteiger charge is -2.05. The van der Waals surface area contributed by atoms with E-state index in [0.717, 1.165) is 0 Å². The molecule has 100 valence electrons. The van der Waals surface area contributed by atoms with Crippen LogP contribution in [0.5, 0.6) is 0 Å². The standard InChI is InChI=1S/C12H14N4O3/c1-7(15-16-12(19)11(13)18)9-4-3-5-10(6-9)14-8(2)17/h3-6H,1-2H3,(H2,13,18)(H,14,17)(H,16,19)/b15-7-. The van der Waals surface area contributed by atoms with E-state index in [4.69, 9.17) is 5.73 Å². The van der Waals surface area contributed by atoms with Gasteiger partial charge in [-0.15, -0.1) is 0 Å². The van der Waals surface area contributed by atoms with E-state index in [1.807, 2.05) is 5.43 Å². The second-order valence-corrected chi connectivity index (χ2v) is 3.76. The third kappa shape index (κ3) is 4.58. The zero-order valence-electron chi connectivity index (χ0n) is 10.6. The van der Waals surface area contributed by atoms with Crippen molar-refractivity contribution in [2.24, 2.45) is 10.8 Å². The van der Waals surface area contributed by atoms with Crippen molar-refractivity contribution in [1.82, 2.24) is 5.43 Å². The van der Waals surface area contributed by atoms with Gasteiger partial charge in [-0.3, -0.25) is 14.4 Å². The lowest BCUT2D eigenvalue weighted by molar-refractivity contribution is -0.137. The van der Waals surface area contributed by atoms with Gasteiger partial charge in [0, 0.05) is 12.6 Å². The third-order valence-electron chi connectivity index (χ3n) is 2.15. The quantitative estimate of drug-likeness (QED) is 0.403. The summed E-state index contributed by atoms with van der Waals surface area (Å²) in [5.41, 5.74) is 8.58. The van der Waals surface area contributed by atoms with Crippen LogP contribution >= 0.6 is 0 Å². The molecule has 3 amide bonds. The number of hydrazone groups is 1. The number of carbonyl (C=O) groups is 3. The zero-order valence-corrected chi connectivity index (χ0v) is 10.6. The Labute approximate surface area is 109 Å². The lowest BCUT2D eigenvalue weighted by atomic mass is 10.1. The first-order valence-corrected chi connectivity index (χ1v) is 5.42. The molecular weight excluding hydrogens is 248 g/mol. The molecule has 0 aliphatic heterocycles. The second kappa shape index (κ2) is 6.29. The van der Waals surface area contributed by atoms with Crippen molar-refractivity contribution in [1.29, 1.82) is 0 Å². The normalized spacial score (nSPS) is 10.7. The summed E-state index contributed by atoms with van der Waals surface area (Å²) < 4.78 is 0. The van der Waals surface area contributed by atoms with Gasteiger partial charge >= 0.3 is 11.8 Å². The number of rotatable bonds is 3. The molecule has 0 spiro atoms. The van der Waals surface area contributed by atoms with E-state index < -0.39 is 11.8 Å². The molecule has 0 aliphatic carbocycles. The van der Waals surface area contributed by atoms with Crippen LogP contribution in [0.2, 0.25) is 0 Å². The van der Waals surface area contributed by atoms with Gasteiger partial charge in [-0.2, -0.15) is 5.10 Å². The van der Waals surface area contributed by atoms with Crippen LogP contribution in [0.3, 0.4) is 0 Å². The summed E-state index contributed by atoms with van der Waals surface area (Å²) in [7, 11) is 0. The van der Waals surface area contributed by atoms with Gasteiger partial charge in [0.1, 0.15) is 0 Å². The average molecular weight is 262 g/mol. The molecule has 0 aliphatic rings. The summed E-state index contributed by atoms with van der Waals surface area (Å²) in [5.74, 6) is -2.28. The minimum Gasteiger partial charge on any atom is -0.361 e. The van der Waals surface area contributed by atoms with Crippen LogP contribution in [0, 0.1) is 0 Å². The summed E-state index contributed by atoms with van der Waals surface area (Å²) in [6.45, 7) is 3.05. The highest BCUT2D eigenvalue weighted by atomic mass is 16.2. The van der Waals surface area contributed by atoms with Crippen LogP contribution in [0.15, 0.2) is 29.4 Å². The van der Waals surface area contributed by atoms with E-state index in [9.17, 15) is 14.4 Å². The van der Waals surface area contributed by atoms with Gasteiger partial charge in [-0.05, 0) is 24.6 Å². The Morgan fingerprint density at radius 2 is 1.89 bits per heavy atom. The van der Waals surface area contributed by atoms with Crippen molar-refractivity contribution in [3.05, 3.63) is 29.8 Å². The molecule has 7 nitrogen and oxygen atoms in total. The number of amides is 3. The van der Waals surface area contributed by atoms with E-state index in [2.05, 4.69) is 10.4 Å². The Kier molecular flexibility index (Phi) is 4.76. The first kappa shape index (κ1) is 14.4. The van der Waals surface area contributed by atoms with E-state index in [0.29, 0.717) is 17.0 Å². The van der Waals surface area contributed by atoms with Gasteiger partial charge in [0.05, 0.1) is 5.71 Å². The fourth-order valence-electron chi connectivity index (χ4n) is 1.28. The molecule has 0 radical (unpaired) electrons. The molecule has 0 saturated carbocycles. The highest BCUT2D eigenvalue weighted by Gasteiger charge is 2.07. The first-order valence-electron chi connectivity index (χ1n) is 5.42. The smallest absolute Gasteiger partial charge is 0.329 e. The molecule has 19 heavy (non-hydrogen) atoms. The number of nitrogens with one attached hydrogen (secondary N) is 2. The Hall–Kier alpha value is -2.70. The van der Waals surface area contributed by atoms with Crippen molar-refractivity contribution in [3.8, 4) is 0 Å². The predicted molar refractivity (Wildman–Crippen MR) is 70.3 cm³/mol. The SMILES string of the molecule is CC(=O)Nc1cccc(/C(C)=N\NC(=O)C(N)=O)c1. The van der Waals surface area contributed by atoms with Crippen molar-refractivity contribution < 1.29 is 14.4 Å². The van der Waals surface area contributed by atoms with Gasteiger partial charge in [0.25, 0.3) is 0 Å². The lowest BCUT2D eigenvalue weighted by Crippen LogP contribution is -2.33. The van der Waals surface area contributed by atoms with Crippen molar-refractivity contribution in [2.75, 3.05) is 5.32 Å². The Balaban J connectivity index is 2.84. The maximum absolute atomic E-state index is 10.9. The summed E-state index contributed by atoms with van der Waals surface area (Å²) >= 11 is 0. The number of anilines is 1. The van der Waals surface area contributed by atoms with Crippen LogP contribution < -0.4 is 16.5 Å². The molecule has 0 heterocycles. The van der Waals surface area contributed by atoms with Gasteiger partial charge in [0.15, 0.2) is 0 Å². The number of hydrogen-bond donors (Lipinski definition) is 3.